The van der Waals surface area contributed by atoms with Crippen LogP contribution in [0.4, 0.5) is 0 Å². The van der Waals surface area contributed by atoms with Crippen molar-refractivity contribution in [1.29, 1.82) is 0 Å². The Morgan fingerprint density at radius 1 is 1.06 bits per heavy atom. The molecule has 0 unspecified atom stereocenters. The van der Waals surface area contributed by atoms with Gasteiger partial charge < -0.3 is 23.8 Å². The lowest BCUT2D eigenvalue weighted by Gasteiger charge is -2.35. The maximum Gasteiger partial charge on any atom is 0.259 e. The predicted octanol–water partition coefficient (Wildman–Crippen LogP) is 4.78. The number of hydrogen-bond donors (Lipinski definition) is 1. The molecule has 2 aliphatic rings. The lowest BCUT2D eigenvalue weighted by atomic mass is 9.85. The van der Waals surface area contributed by atoms with E-state index in [0.717, 1.165) is 33.7 Å². The van der Waals surface area contributed by atoms with Crippen molar-refractivity contribution < 1.29 is 18.7 Å². The Morgan fingerprint density at radius 3 is 2.65 bits per heavy atom. The predicted molar refractivity (Wildman–Crippen MR) is 116 cm³/mol. The molecular weight excluding hydrogens is 392 g/mol. The largest absolute Gasteiger partial charge is 0.493 e. The number of fused-ring (bicyclic) bond motifs is 7. The van der Waals surface area contributed by atoms with Crippen molar-refractivity contribution in [3.05, 3.63) is 82.4 Å². The summed E-state index contributed by atoms with van der Waals surface area (Å²) in [7, 11) is 3.16. The number of carbonyl (C=O) groups excluding carboxylic acids is 1. The molecule has 0 saturated carbocycles. The van der Waals surface area contributed by atoms with Crippen molar-refractivity contribution in [3.8, 4) is 11.5 Å². The average molecular weight is 414 g/mol. The fourth-order valence-corrected chi connectivity index (χ4v) is 5.26. The number of hydrogen-bond acceptors (Lipinski definition) is 4. The van der Waals surface area contributed by atoms with Gasteiger partial charge in [-0.2, -0.15) is 0 Å². The Bertz CT molecular complexity index is 1350. The Hall–Kier alpha value is -3.67. The number of para-hydroxylation sites is 1. The quantitative estimate of drug-likeness (QED) is 0.524. The SMILES string of the molecule is COc1ccc2c(c1OC)C(=O)N1C[C@@H](c3ccc(C)o3)c3c([nH]c4ccccc34)[C@@H]21. The molecule has 4 aromatic rings. The topological polar surface area (TPSA) is 67.7 Å². The number of amides is 1. The fourth-order valence-electron chi connectivity index (χ4n) is 5.26. The molecule has 2 aromatic heterocycles. The Labute approximate surface area is 179 Å². The molecule has 6 heteroatoms. The molecule has 156 valence electrons. The summed E-state index contributed by atoms with van der Waals surface area (Å²) in [6.07, 6.45) is 0. The number of H-pyrrole nitrogens is 1. The van der Waals surface area contributed by atoms with Gasteiger partial charge in [0.05, 0.1) is 31.7 Å². The average Bonchev–Trinajstić information content (AvgIpc) is 3.47. The number of ether oxygens (including phenoxy) is 2. The van der Waals surface area contributed by atoms with Crippen LogP contribution in [0.1, 0.15) is 50.7 Å². The molecule has 2 aliphatic heterocycles. The molecule has 0 aliphatic carbocycles. The highest BCUT2D eigenvalue weighted by Crippen LogP contribution is 2.52. The molecule has 0 fully saturated rings. The Morgan fingerprint density at radius 2 is 1.90 bits per heavy atom. The minimum Gasteiger partial charge on any atom is -0.493 e. The van der Waals surface area contributed by atoms with E-state index in [-0.39, 0.29) is 17.9 Å². The van der Waals surface area contributed by atoms with Crippen LogP contribution in [-0.4, -0.2) is 36.6 Å². The smallest absolute Gasteiger partial charge is 0.259 e. The molecule has 0 saturated heterocycles. The standard InChI is InChI=1S/C25H22N2O4/c1-13-8-10-18(31-13)16-12-27-23(22-20(16)14-6-4-5-7-17(14)26-22)15-9-11-19(29-2)24(30-3)21(15)25(27)28/h4-11,16,23,26H,12H2,1-3H3/t16-,23+/m0/s1. The van der Waals surface area contributed by atoms with Crippen molar-refractivity contribution in [3.63, 3.8) is 0 Å². The monoisotopic (exact) mass is 414 g/mol. The summed E-state index contributed by atoms with van der Waals surface area (Å²) in [6.45, 7) is 2.48. The Balaban J connectivity index is 1.63. The number of benzene rings is 2. The summed E-state index contributed by atoms with van der Waals surface area (Å²) >= 11 is 0. The van der Waals surface area contributed by atoms with Gasteiger partial charge in [0.1, 0.15) is 11.5 Å². The summed E-state index contributed by atoms with van der Waals surface area (Å²) in [4.78, 5) is 19.2. The number of nitrogens with zero attached hydrogens (tertiary/aromatic N) is 1. The first-order valence-electron chi connectivity index (χ1n) is 10.3. The van der Waals surface area contributed by atoms with Crippen LogP contribution in [0.15, 0.2) is 52.9 Å². The molecule has 1 amide bonds. The van der Waals surface area contributed by atoms with Gasteiger partial charge in [0.2, 0.25) is 0 Å². The minimum absolute atomic E-state index is 0.0478. The molecule has 0 bridgehead atoms. The highest BCUT2D eigenvalue weighted by atomic mass is 16.5. The van der Waals surface area contributed by atoms with Gasteiger partial charge in [-0.25, -0.2) is 0 Å². The second-order valence-corrected chi connectivity index (χ2v) is 8.12. The molecule has 6 rings (SSSR count). The van der Waals surface area contributed by atoms with Gasteiger partial charge in [0.25, 0.3) is 5.91 Å². The van der Waals surface area contributed by atoms with E-state index in [1.807, 2.05) is 42.2 Å². The number of aromatic nitrogens is 1. The van der Waals surface area contributed by atoms with Gasteiger partial charge in [0.15, 0.2) is 11.5 Å². The third-order valence-electron chi connectivity index (χ3n) is 6.54. The highest BCUT2D eigenvalue weighted by Gasteiger charge is 2.48. The van der Waals surface area contributed by atoms with Crippen LogP contribution in [0, 0.1) is 6.92 Å². The van der Waals surface area contributed by atoms with E-state index in [2.05, 4.69) is 23.2 Å². The maximum atomic E-state index is 13.6. The van der Waals surface area contributed by atoms with Crippen LogP contribution in [0.2, 0.25) is 0 Å². The van der Waals surface area contributed by atoms with E-state index in [1.54, 1.807) is 14.2 Å². The maximum absolute atomic E-state index is 13.6. The first kappa shape index (κ1) is 18.1. The van der Waals surface area contributed by atoms with Crippen LogP contribution in [-0.2, 0) is 0 Å². The third kappa shape index (κ3) is 2.36. The van der Waals surface area contributed by atoms with Gasteiger partial charge >= 0.3 is 0 Å². The Kier molecular flexibility index (Phi) is 3.75. The molecule has 2 atom stereocenters. The summed E-state index contributed by atoms with van der Waals surface area (Å²) in [5, 5.41) is 1.16. The van der Waals surface area contributed by atoms with Gasteiger partial charge in [-0.15, -0.1) is 0 Å². The van der Waals surface area contributed by atoms with Crippen molar-refractivity contribution >= 4 is 16.8 Å². The summed E-state index contributed by atoms with van der Waals surface area (Å²) in [5.41, 5.74) is 4.80. The zero-order valence-electron chi connectivity index (χ0n) is 17.6. The van der Waals surface area contributed by atoms with Crippen LogP contribution in [0.25, 0.3) is 10.9 Å². The molecule has 31 heavy (non-hydrogen) atoms. The van der Waals surface area contributed by atoms with Crippen molar-refractivity contribution in [2.75, 3.05) is 20.8 Å². The number of rotatable bonds is 3. The van der Waals surface area contributed by atoms with E-state index in [1.165, 1.54) is 5.56 Å². The number of aromatic amines is 1. The lowest BCUT2D eigenvalue weighted by Crippen LogP contribution is -2.37. The molecule has 2 aromatic carbocycles. The van der Waals surface area contributed by atoms with Crippen LogP contribution in [0.5, 0.6) is 11.5 Å². The van der Waals surface area contributed by atoms with E-state index in [4.69, 9.17) is 13.9 Å². The second-order valence-electron chi connectivity index (χ2n) is 8.12. The fraction of sp³-hybridized carbons (Fsp3) is 0.240. The normalized spacial score (nSPS) is 19.3. The van der Waals surface area contributed by atoms with Crippen LogP contribution < -0.4 is 9.47 Å². The summed E-state index contributed by atoms with van der Waals surface area (Å²) in [5.74, 6) is 2.68. The lowest BCUT2D eigenvalue weighted by molar-refractivity contribution is 0.0721. The van der Waals surface area contributed by atoms with E-state index < -0.39 is 0 Å². The molecular formula is C25H22N2O4. The van der Waals surface area contributed by atoms with Gasteiger partial charge in [-0.3, -0.25) is 4.79 Å². The zero-order chi connectivity index (χ0) is 21.3. The first-order valence-corrected chi connectivity index (χ1v) is 10.3. The number of aryl methyl sites for hydroxylation is 1. The highest BCUT2D eigenvalue weighted by molar-refractivity contribution is 6.04. The molecule has 1 N–H and O–H groups in total. The number of carbonyl (C=O) groups is 1. The van der Waals surface area contributed by atoms with Gasteiger partial charge in [0, 0.05) is 23.1 Å². The second kappa shape index (κ2) is 6.41. The number of methoxy groups -OCH3 is 2. The van der Waals surface area contributed by atoms with Crippen molar-refractivity contribution in [2.24, 2.45) is 0 Å². The van der Waals surface area contributed by atoms with Crippen molar-refractivity contribution in [2.45, 2.75) is 18.9 Å². The molecule has 0 spiro atoms. The molecule has 4 heterocycles. The molecule has 0 radical (unpaired) electrons. The van der Waals surface area contributed by atoms with E-state index in [0.29, 0.717) is 23.6 Å². The number of nitrogens with one attached hydrogen (secondary N) is 1. The molecule has 6 nitrogen and oxygen atoms in total. The summed E-state index contributed by atoms with van der Waals surface area (Å²) in [6, 6.07) is 15.9. The summed E-state index contributed by atoms with van der Waals surface area (Å²) < 4.78 is 17.1. The number of furan rings is 1. The van der Waals surface area contributed by atoms with E-state index in [9.17, 15) is 4.79 Å². The third-order valence-corrected chi connectivity index (χ3v) is 6.54. The van der Waals surface area contributed by atoms with E-state index >= 15 is 0 Å². The van der Waals surface area contributed by atoms with Crippen LogP contribution in [0.3, 0.4) is 0 Å². The van der Waals surface area contributed by atoms with Gasteiger partial charge in [-0.1, -0.05) is 24.3 Å². The van der Waals surface area contributed by atoms with Crippen molar-refractivity contribution in [1.82, 2.24) is 9.88 Å². The zero-order valence-corrected chi connectivity index (χ0v) is 17.6. The van der Waals surface area contributed by atoms with Gasteiger partial charge in [-0.05, 0) is 42.3 Å². The van der Waals surface area contributed by atoms with Crippen LogP contribution >= 0.6 is 0 Å². The minimum atomic E-state index is -0.197. The first-order chi connectivity index (χ1) is 15.1.